The maximum atomic E-state index is 11.2. The molecule has 3 N–H and O–H groups in total. The van der Waals surface area contributed by atoms with Crippen LogP contribution in [0.5, 0.6) is 5.75 Å². The summed E-state index contributed by atoms with van der Waals surface area (Å²) in [5.74, 6) is -1.25. The van der Waals surface area contributed by atoms with Crippen molar-refractivity contribution in [2.45, 2.75) is 11.8 Å². The first-order valence-electron chi connectivity index (χ1n) is 4.29. The fraction of sp³-hybridized carbons (Fsp3) is 0.222. The van der Waals surface area contributed by atoms with Gasteiger partial charge in [-0.1, -0.05) is 6.07 Å². The van der Waals surface area contributed by atoms with Crippen molar-refractivity contribution in [3.63, 3.8) is 0 Å². The Hall–Kier alpha value is -1.60. The molecule has 0 aromatic heterocycles. The van der Waals surface area contributed by atoms with Crippen molar-refractivity contribution < 1.29 is 23.1 Å². The highest BCUT2D eigenvalue weighted by atomic mass is 32.2. The highest BCUT2D eigenvalue weighted by Gasteiger charge is 2.16. The summed E-state index contributed by atoms with van der Waals surface area (Å²) in [4.78, 5) is 10.1. The molecule has 0 fully saturated rings. The summed E-state index contributed by atoms with van der Waals surface area (Å²) in [6.45, 7) is 1.07. The normalized spacial score (nSPS) is 11.1. The number of hydrogen-bond donors (Lipinski definition) is 2. The van der Waals surface area contributed by atoms with Crippen LogP contribution >= 0.6 is 0 Å². The lowest BCUT2D eigenvalue weighted by Crippen LogP contribution is -2.16. The third kappa shape index (κ3) is 3.21. The zero-order chi connectivity index (χ0) is 12.3. The van der Waals surface area contributed by atoms with Gasteiger partial charge in [0.15, 0.2) is 6.61 Å². The molecular weight excluding hydrogens is 234 g/mol. The molecule has 0 bridgehead atoms. The minimum Gasteiger partial charge on any atom is -0.480 e. The first-order chi connectivity index (χ1) is 7.30. The second kappa shape index (κ2) is 4.50. The Balaban J connectivity index is 3.13. The van der Waals surface area contributed by atoms with Gasteiger partial charge < -0.3 is 9.84 Å². The standard InChI is InChI=1S/C9H11NO5S/c1-6-2-3-7(15-5-9(11)12)8(4-6)16(10,13)14/h2-4H,5H2,1H3,(H,11,12)(H2,10,13,14). The molecule has 0 saturated heterocycles. The van der Waals surface area contributed by atoms with E-state index < -0.39 is 22.6 Å². The van der Waals surface area contributed by atoms with E-state index in [0.717, 1.165) is 0 Å². The Morgan fingerprint density at radius 3 is 2.62 bits per heavy atom. The number of ether oxygens (including phenoxy) is 1. The lowest BCUT2D eigenvalue weighted by molar-refractivity contribution is -0.139. The van der Waals surface area contributed by atoms with E-state index in [1.165, 1.54) is 12.1 Å². The van der Waals surface area contributed by atoms with Gasteiger partial charge >= 0.3 is 5.97 Å². The fourth-order valence-electron chi connectivity index (χ4n) is 1.10. The third-order valence-corrected chi connectivity index (χ3v) is 2.69. The van der Waals surface area contributed by atoms with Crippen LogP contribution in [-0.2, 0) is 14.8 Å². The Morgan fingerprint density at radius 2 is 2.12 bits per heavy atom. The van der Waals surface area contributed by atoms with Crippen molar-refractivity contribution in [3.05, 3.63) is 23.8 Å². The lowest BCUT2D eigenvalue weighted by Gasteiger charge is -2.08. The van der Waals surface area contributed by atoms with Crippen LogP contribution in [0.15, 0.2) is 23.1 Å². The van der Waals surface area contributed by atoms with Crippen LogP contribution in [0.2, 0.25) is 0 Å². The average Bonchev–Trinajstić information content (AvgIpc) is 2.14. The number of sulfonamides is 1. The van der Waals surface area contributed by atoms with Crippen LogP contribution in [0, 0.1) is 6.92 Å². The first kappa shape index (κ1) is 12.5. The minimum absolute atomic E-state index is 0.0597. The third-order valence-electron chi connectivity index (χ3n) is 1.76. The van der Waals surface area contributed by atoms with Crippen LogP contribution in [0.1, 0.15) is 5.56 Å². The molecule has 1 rings (SSSR count). The Labute approximate surface area is 92.7 Å². The van der Waals surface area contributed by atoms with Crippen LogP contribution in [0.4, 0.5) is 0 Å². The number of benzene rings is 1. The van der Waals surface area contributed by atoms with Gasteiger partial charge in [-0.15, -0.1) is 0 Å². The topological polar surface area (TPSA) is 107 Å². The number of carboxylic acids is 1. The van der Waals surface area contributed by atoms with Crippen molar-refractivity contribution in [2.24, 2.45) is 5.14 Å². The van der Waals surface area contributed by atoms with Gasteiger partial charge in [0, 0.05) is 0 Å². The molecular formula is C9H11NO5S. The first-order valence-corrected chi connectivity index (χ1v) is 5.83. The summed E-state index contributed by atoms with van der Waals surface area (Å²) in [6, 6.07) is 4.30. The van der Waals surface area contributed by atoms with E-state index in [1.54, 1.807) is 13.0 Å². The summed E-state index contributed by atoms with van der Waals surface area (Å²) < 4.78 is 27.2. The van der Waals surface area contributed by atoms with Crippen LogP contribution in [-0.4, -0.2) is 26.1 Å². The van der Waals surface area contributed by atoms with Crippen molar-refractivity contribution >= 4 is 16.0 Å². The number of carboxylic acid groups (broad SMARTS) is 1. The molecule has 0 spiro atoms. The smallest absolute Gasteiger partial charge is 0.341 e. The molecule has 0 saturated carbocycles. The van der Waals surface area contributed by atoms with Gasteiger partial charge in [-0.25, -0.2) is 18.4 Å². The van der Waals surface area contributed by atoms with E-state index >= 15 is 0 Å². The minimum atomic E-state index is -3.92. The van der Waals surface area contributed by atoms with E-state index in [0.29, 0.717) is 5.56 Å². The number of primary sulfonamides is 1. The predicted octanol–water partition coefficient (Wildman–Crippen LogP) is 0.106. The monoisotopic (exact) mass is 245 g/mol. The molecule has 0 aliphatic rings. The van der Waals surface area contributed by atoms with Crippen molar-refractivity contribution in [1.29, 1.82) is 0 Å². The molecule has 0 radical (unpaired) electrons. The van der Waals surface area contributed by atoms with E-state index in [2.05, 4.69) is 0 Å². The van der Waals surface area contributed by atoms with Crippen molar-refractivity contribution in [1.82, 2.24) is 0 Å². The molecule has 1 aromatic carbocycles. The zero-order valence-corrected chi connectivity index (χ0v) is 9.32. The Kier molecular flexibility index (Phi) is 3.51. The van der Waals surface area contributed by atoms with Crippen molar-refractivity contribution in [2.75, 3.05) is 6.61 Å². The maximum absolute atomic E-state index is 11.2. The second-order valence-corrected chi connectivity index (χ2v) is 4.71. The zero-order valence-electron chi connectivity index (χ0n) is 8.50. The summed E-state index contributed by atoms with van der Waals surface area (Å²) in [5.41, 5.74) is 0.687. The molecule has 0 atom stereocenters. The Morgan fingerprint density at radius 1 is 1.50 bits per heavy atom. The molecule has 0 unspecified atom stereocenters. The molecule has 7 heteroatoms. The molecule has 0 amide bonds. The molecule has 6 nitrogen and oxygen atoms in total. The fourth-order valence-corrected chi connectivity index (χ4v) is 1.85. The largest absolute Gasteiger partial charge is 0.480 e. The molecule has 0 aliphatic heterocycles. The average molecular weight is 245 g/mol. The number of hydrogen-bond acceptors (Lipinski definition) is 4. The number of aliphatic carboxylic acids is 1. The molecule has 0 aliphatic carbocycles. The van der Waals surface area contributed by atoms with Gasteiger partial charge in [0.2, 0.25) is 10.0 Å². The second-order valence-electron chi connectivity index (χ2n) is 3.18. The van der Waals surface area contributed by atoms with Gasteiger partial charge in [-0.2, -0.15) is 0 Å². The van der Waals surface area contributed by atoms with Crippen LogP contribution < -0.4 is 9.88 Å². The summed E-state index contributed by atoms with van der Waals surface area (Å²) >= 11 is 0. The summed E-state index contributed by atoms with van der Waals surface area (Å²) in [5, 5.41) is 13.4. The summed E-state index contributed by atoms with van der Waals surface area (Å²) in [6.07, 6.45) is 0. The number of nitrogens with two attached hydrogens (primary N) is 1. The van der Waals surface area contributed by atoms with Crippen LogP contribution in [0.3, 0.4) is 0 Å². The SMILES string of the molecule is Cc1ccc(OCC(=O)O)c(S(N)(=O)=O)c1. The van der Waals surface area contributed by atoms with Gasteiger partial charge in [0.05, 0.1) is 0 Å². The van der Waals surface area contributed by atoms with E-state index in [4.69, 9.17) is 15.0 Å². The molecule has 0 heterocycles. The Bertz CT molecular complexity index is 509. The number of carbonyl (C=O) groups is 1. The molecule has 1 aromatic rings. The molecule has 16 heavy (non-hydrogen) atoms. The van der Waals surface area contributed by atoms with Gasteiger partial charge in [0.1, 0.15) is 10.6 Å². The quantitative estimate of drug-likeness (QED) is 0.782. The lowest BCUT2D eigenvalue weighted by atomic mass is 10.2. The van der Waals surface area contributed by atoms with E-state index in [1.807, 2.05) is 0 Å². The van der Waals surface area contributed by atoms with Crippen molar-refractivity contribution in [3.8, 4) is 5.75 Å². The van der Waals surface area contributed by atoms with Gasteiger partial charge in [0.25, 0.3) is 0 Å². The van der Waals surface area contributed by atoms with E-state index in [9.17, 15) is 13.2 Å². The van der Waals surface area contributed by atoms with Gasteiger partial charge in [-0.05, 0) is 24.6 Å². The highest BCUT2D eigenvalue weighted by Crippen LogP contribution is 2.23. The maximum Gasteiger partial charge on any atom is 0.341 e. The highest BCUT2D eigenvalue weighted by molar-refractivity contribution is 7.89. The summed E-state index contributed by atoms with van der Waals surface area (Å²) in [7, 11) is -3.92. The molecule has 88 valence electrons. The van der Waals surface area contributed by atoms with E-state index in [-0.39, 0.29) is 10.6 Å². The van der Waals surface area contributed by atoms with Crippen LogP contribution in [0.25, 0.3) is 0 Å². The van der Waals surface area contributed by atoms with Gasteiger partial charge in [-0.3, -0.25) is 0 Å². The predicted molar refractivity (Wildman–Crippen MR) is 55.7 cm³/mol. The number of rotatable bonds is 4. The number of aryl methyl sites for hydroxylation is 1.